The van der Waals surface area contributed by atoms with Crippen LogP contribution in [0.25, 0.3) is 0 Å². The van der Waals surface area contributed by atoms with Gasteiger partial charge in [0.1, 0.15) is 12.2 Å². The number of urea groups is 1. The van der Waals surface area contributed by atoms with Crippen LogP contribution in [-0.2, 0) is 9.47 Å². The molecule has 0 aliphatic carbocycles. The largest absolute Gasteiger partial charge is 0.454 e. The maximum absolute atomic E-state index is 12.2. The highest BCUT2D eigenvalue weighted by Crippen LogP contribution is 2.34. The van der Waals surface area contributed by atoms with E-state index in [4.69, 9.17) is 25.4 Å². The van der Waals surface area contributed by atoms with E-state index < -0.39 is 6.10 Å². The Hall–Kier alpha value is -3.21. The van der Waals surface area contributed by atoms with E-state index in [1.165, 1.54) is 0 Å². The Balaban J connectivity index is 0.000000294. The maximum atomic E-state index is 12.2. The van der Waals surface area contributed by atoms with Crippen molar-refractivity contribution in [1.82, 2.24) is 5.32 Å². The molecule has 2 fully saturated rings. The average Bonchev–Trinajstić information content (AvgIpc) is 3.46. The fraction of sp³-hybridized carbons (Fsp3) is 0.318. The summed E-state index contributed by atoms with van der Waals surface area (Å²) in [6.45, 7) is 0.809. The molecule has 29 heavy (non-hydrogen) atoms. The third-order valence-corrected chi connectivity index (χ3v) is 4.84. The molecule has 0 aromatic heterocycles. The summed E-state index contributed by atoms with van der Waals surface area (Å²) in [6.07, 6.45) is 5.56. The van der Waals surface area contributed by atoms with Crippen molar-refractivity contribution in [3.05, 3.63) is 54.6 Å². The summed E-state index contributed by atoms with van der Waals surface area (Å²) in [6, 6.07) is 16.5. The van der Waals surface area contributed by atoms with Gasteiger partial charge in [-0.3, -0.25) is 0 Å². The fourth-order valence-corrected chi connectivity index (χ4v) is 3.50. The molecule has 0 saturated carbocycles. The number of anilines is 1. The van der Waals surface area contributed by atoms with Crippen LogP contribution < -0.4 is 20.1 Å². The molecule has 3 heterocycles. The van der Waals surface area contributed by atoms with Crippen molar-refractivity contribution in [2.45, 2.75) is 30.8 Å². The molecule has 2 saturated heterocycles. The number of benzene rings is 2. The Morgan fingerprint density at radius 3 is 2.52 bits per heavy atom. The number of carbonyl (C=O) groups is 1. The standard InChI is InChI=1S/C16H16N2O5.C6H6/c1-2-10-14(15-12(23-10)5-6-20-15)18-16(19)17-9-3-4-11-13(7-9)22-8-21-11;1-2-4-6-5-3-1/h1,3-4,7,10,12,14-15H,5-6,8H2,(H2,17,18,19);1-6H/t10?,12-,14+,15+;/m1./s1. The molecule has 2 aromatic rings. The minimum absolute atomic E-state index is 0.0492. The highest BCUT2D eigenvalue weighted by Gasteiger charge is 2.48. The zero-order valence-electron chi connectivity index (χ0n) is 15.7. The average molecular weight is 394 g/mol. The van der Waals surface area contributed by atoms with Crippen molar-refractivity contribution in [1.29, 1.82) is 0 Å². The van der Waals surface area contributed by atoms with Gasteiger partial charge in [0.25, 0.3) is 0 Å². The van der Waals surface area contributed by atoms with Crippen LogP contribution in [0.1, 0.15) is 6.42 Å². The number of rotatable bonds is 2. The van der Waals surface area contributed by atoms with Gasteiger partial charge in [0, 0.05) is 18.4 Å². The van der Waals surface area contributed by atoms with E-state index in [-0.39, 0.29) is 31.1 Å². The summed E-state index contributed by atoms with van der Waals surface area (Å²) in [5.41, 5.74) is 0.604. The number of amides is 2. The van der Waals surface area contributed by atoms with Gasteiger partial charge in [-0.05, 0) is 18.6 Å². The summed E-state index contributed by atoms with van der Waals surface area (Å²) in [5, 5.41) is 5.61. The first-order valence-electron chi connectivity index (χ1n) is 9.45. The minimum atomic E-state index is -0.479. The highest BCUT2D eigenvalue weighted by molar-refractivity contribution is 5.90. The van der Waals surface area contributed by atoms with Crippen molar-refractivity contribution in [2.75, 3.05) is 18.7 Å². The summed E-state index contributed by atoms with van der Waals surface area (Å²) < 4.78 is 21.9. The van der Waals surface area contributed by atoms with Crippen LogP contribution in [0.3, 0.4) is 0 Å². The Morgan fingerprint density at radius 2 is 1.79 bits per heavy atom. The molecule has 7 heteroatoms. The molecule has 2 amide bonds. The lowest BCUT2D eigenvalue weighted by Gasteiger charge is -2.20. The zero-order chi connectivity index (χ0) is 20.1. The number of carbonyl (C=O) groups excluding carboxylic acids is 1. The number of hydrogen-bond acceptors (Lipinski definition) is 5. The predicted octanol–water partition coefficient (Wildman–Crippen LogP) is 2.78. The second kappa shape index (κ2) is 8.86. The van der Waals surface area contributed by atoms with Gasteiger partial charge in [-0.15, -0.1) is 6.42 Å². The van der Waals surface area contributed by atoms with E-state index in [2.05, 4.69) is 16.6 Å². The molecule has 0 spiro atoms. The molecule has 7 nitrogen and oxygen atoms in total. The van der Waals surface area contributed by atoms with Crippen molar-refractivity contribution in [3.63, 3.8) is 0 Å². The van der Waals surface area contributed by atoms with Crippen LogP contribution >= 0.6 is 0 Å². The lowest BCUT2D eigenvalue weighted by Crippen LogP contribution is -2.48. The molecular formula is C22H22N2O5. The smallest absolute Gasteiger partial charge is 0.319 e. The molecule has 3 aliphatic heterocycles. The van der Waals surface area contributed by atoms with Gasteiger partial charge in [0.05, 0.1) is 12.1 Å². The third-order valence-electron chi connectivity index (χ3n) is 4.84. The normalized spacial score (nSPS) is 25.9. The molecule has 2 N–H and O–H groups in total. The first kappa shape index (κ1) is 19.1. The van der Waals surface area contributed by atoms with E-state index in [0.717, 1.165) is 6.42 Å². The van der Waals surface area contributed by atoms with E-state index in [9.17, 15) is 4.79 Å². The van der Waals surface area contributed by atoms with Crippen molar-refractivity contribution in [2.24, 2.45) is 0 Å². The van der Waals surface area contributed by atoms with Crippen molar-refractivity contribution in [3.8, 4) is 23.8 Å². The van der Waals surface area contributed by atoms with Crippen molar-refractivity contribution >= 4 is 11.7 Å². The molecule has 1 unspecified atom stereocenters. The van der Waals surface area contributed by atoms with Crippen LogP contribution in [0.5, 0.6) is 11.5 Å². The maximum Gasteiger partial charge on any atom is 0.319 e. The Bertz CT molecular complexity index is 856. The molecule has 2 aromatic carbocycles. The van der Waals surface area contributed by atoms with E-state index >= 15 is 0 Å². The molecule has 0 radical (unpaired) electrons. The summed E-state index contributed by atoms with van der Waals surface area (Å²) >= 11 is 0. The van der Waals surface area contributed by atoms with Crippen LogP contribution in [-0.4, -0.2) is 43.8 Å². The summed E-state index contributed by atoms with van der Waals surface area (Å²) in [7, 11) is 0. The quantitative estimate of drug-likeness (QED) is 0.766. The van der Waals surface area contributed by atoms with Gasteiger partial charge < -0.3 is 29.6 Å². The number of ether oxygens (including phenoxy) is 4. The Morgan fingerprint density at radius 1 is 1.07 bits per heavy atom. The van der Waals surface area contributed by atoms with Crippen LogP contribution in [0.15, 0.2) is 54.6 Å². The number of hydrogen-bond donors (Lipinski definition) is 2. The first-order valence-corrected chi connectivity index (χ1v) is 9.45. The fourth-order valence-electron chi connectivity index (χ4n) is 3.50. The van der Waals surface area contributed by atoms with E-state index in [1.807, 2.05) is 36.4 Å². The van der Waals surface area contributed by atoms with E-state index in [1.54, 1.807) is 18.2 Å². The molecule has 3 aliphatic rings. The van der Waals surface area contributed by atoms with Gasteiger partial charge in [-0.1, -0.05) is 42.3 Å². The van der Waals surface area contributed by atoms with Gasteiger partial charge in [0.2, 0.25) is 6.79 Å². The predicted molar refractivity (Wildman–Crippen MR) is 107 cm³/mol. The summed E-state index contributed by atoms with van der Waals surface area (Å²) in [5.74, 6) is 3.83. The number of fused-ring (bicyclic) bond motifs is 2. The minimum Gasteiger partial charge on any atom is -0.454 e. The monoisotopic (exact) mass is 394 g/mol. The number of nitrogens with one attached hydrogen (secondary N) is 2. The Labute approximate surface area is 169 Å². The van der Waals surface area contributed by atoms with Gasteiger partial charge in [0.15, 0.2) is 11.5 Å². The highest BCUT2D eigenvalue weighted by atomic mass is 16.7. The lowest BCUT2D eigenvalue weighted by atomic mass is 10.1. The Kier molecular flexibility index (Phi) is 5.84. The number of terminal acetylenes is 1. The third kappa shape index (κ3) is 4.45. The lowest BCUT2D eigenvalue weighted by molar-refractivity contribution is 0.0589. The molecule has 0 bridgehead atoms. The molecule has 150 valence electrons. The molecular weight excluding hydrogens is 372 g/mol. The van der Waals surface area contributed by atoms with Crippen LogP contribution in [0.4, 0.5) is 10.5 Å². The van der Waals surface area contributed by atoms with Crippen LogP contribution in [0, 0.1) is 12.3 Å². The SMILES string of the molecule is C#CC1O[C@@H]2CCO[C@@H]2[C@H]1NC(=O)Nc1ccc2c(c1)OCO2.c1ccccc1. The van der Waals surface area contributed by atoms with E-state index in [0.29, 0.717) is 23.8 Å². The second-order valence-corrected chi connectivity index (χ2v) is 6.73. The zero-order valence-corrected chi connectivity index (χ0v) is 15.7. The van der Waals surface area contributed by atoms with Gasteiger partial charge in [-0.2, -0.15) is 0 Å². The first-order chi connectivity index (χ1) is 14.2. The van der Waals surface area contributed by atoms with Crippen LogP contribution in [0.2, 0.25) is 0 Å². The second-order valence-electron chi connectivity index (χ2n) is 6.73. The molecule has 4 atom stereocenters. The van der Waals surface area contributed by atoms with Gasteiger partial charge in [-0.25, -0.2) is 4.79 Å². The van der Waals surface area contributed by atoms with Crippen molar-refractivity contribution < 1.29 is 23.7 Å². The topological polar surface area (TPSA) is 78.1 Å². The summed E-state index contributed by atoms with van der Waals surface area (Å²) in [4.78, 5) is 12.2. The van der Waals surface area contributed by atoms with Gasteiger partial charge >= 0.3 is 6.03 Å². The molecule has 5 rings (SSSR count).